The topological polar surface area (TPSA) is 73.4 Å². The van der Waals surface area contributed by atoms with Gasteiger partial charge in [-0.15, -0.1) is 0 Å². The van der Waals surface area contributed by atoms with Crippen LogP contribution in [-0.2, 0) is 11.2 Å². The number of fused-ring (bicyclic) bond motifs is 2. The number of amides is 1. The monoisotopic (exact) mass is 490 g/mol. The molecule has 2 bridgehead atoms. The summed E-state index contributed by atoms with van der Waals surface area (Å²) in [6.07, 6.45) is 5.58. The van der Waals surface area contributed by atoms with Gasteiger partial charge in [0.15, 0.2) is 0 Å². The molecule has 0 radical (unpaired) electrons. The maximum atomic E-state index is 13.0. The third kappa shape index (κ3) is 4.70. The van der Waals surface area contributed by atoms with Gasteiger partial charge in [-0.25, -0.2) is 9.97 Å². The van der Waals surface area contributed by atoms with Crippen LogP contribution in [0.3, 0.4) is 0 Å². The van der Waals surface area contributed by atoms with Crippen LogP contribution in [0.2, 0.25) is 0 Å². The molecule has 2 aromatic rings. The first-order valence-corrected chi connectivity index (χ1v) is 13.6. The lowest BCUT2D eigenvalue weighted by molar-refractivity contribution is -0.122. The predicted octanol–water partition coefficient (Wildman–Crippen LogP) is 4.62. The van der Waals surface area contributed by atoms with Crippen molar-refractivity contribution in [3.8, 4) is 0 Å². The van der Waals surface area contributed by atoms with E-state index in [0.29, 0.717) is 17.9 Å². The maximum Gasteiger partial charge on any atom is 0.227 e. The summed E-state index contributed by atoms with van der Waals surface area (Å²) in [5.74, 6) is 1.28. The van der Waals surface area contributed by atoms with Crippen molar-refractivity contribution in [1.29, 1.82) is 0 Å². The molecule has 2 N–H and O–H groups in total. The zero-order valence-corrected chi connectivity index (χ0v) is 22.6. The summed E-state index contributed by atoms with van der Waals surface area (Å²) < 4.78 is 0. The van der Waals surface area contributed by atoms with Gasteiger partial charge in [-0.2, -0.15) is 0 Å². The Kier molecular flexibility index (Phi) is 6.70. The van der Waals surface area contributed by atoms with Gasteiger partial charge < -0.3 is 15.5 Å². The number of aromatic nitrogens is 2. The minimum absolute atomic E-state index is 0.0526. The van der Waals surface area contributed by atoms with E-state index in [0.717, 1.165) is 44.0 Å². The SMILES string of the molecule is CC(C)N1CCN(c2cccc(Nc3nccc(CC(=O)NC4CC5CCC4(C)C5(C)C)n3)c2)CC1. The zero-order valence-electron chi connectivity index (χ0n) is 22.6. The van der Waals surface area contributed by atoms with E-state index in [-0.39, 0.29) is 29.2 Å². The molecule has 36 heavy (non-hydrogen) atoms. The van der Waals surface area contributed by atoms with Crippen LogP contribution >= 0.6 is 0 Å². The Bertz CT molecular complexity index is 1090. The molecule has 1 aliphatic heterocycles. The Balaban J connectivity index is 1.19. The summed E-state index contributed by atoms with van der Waals surface area (Å²) in [4.78, 5) is 27.0. The fraction of sp³-hybridized carbons (Fsp3) is 0.621. The van der Waals surface area contributed by atoms with E-state index < -0.39 is 0 Å². The molecule has 1 aromatic carbocycles. The molecule has 1 saturated heterocycles. The van der Waals surface area contributed by atoms with Gasteiger partial charge in [0, 0.05) is 55.8 Å². The van der Waals surface area contributed by atoms with E-state index in [9.17, 15) is 4.79 Å². The molecule has 0 spiro atoms. The molecular formula is C29H42N6O. The smallest absolute Gasteiger partial charge is 0.227 e. The first kappa shape index (κ1) is 25.0. The summed E-state index contributed by atoms with van der Waals surface area (Å²) in [5, 5.41) is 6.69. The molecule has 5 rings (SSSR count). The van der Waals surface area contributed by atoms with Gasteiger partial charge in [0.1, 0.15) is 0 Å². The minimum atomic E-state index is 0.0526. The van der Waals surface area contributed by atoms with Gasteiger partial charge in [-0.05, 0) is 74.1 Å². The zero-order chi connectivity index (χ0) is 25.5. The Morgan fingerprint density at radius 2 is 1.92 bits per heavy atom. The lowest BCUT2D eigenvalue weighted by Crippen LogP contribution is -2.48. The molecule has 2 aliphatic carbocycles. The van der Waals surface area contributed by atoms with Crippen LogP contribution < -0.4 is 15.5 Å². The van der Waals surface area contributed by atoms with Gasteiger partial charge in [-0.3, -0.25) is 9.69 Å². The van der Waals surface area contributed by atoms with Crippen LogP contribution in [0.15, 0.2) is 36.5 Å². The normalized spacial score (nSPS) is 27.4. The van der Waals surface area contributed by atoms with Crippen molar-refractivity contribution >= 4 is 23.2 Å². The van der Waals surface area contributed by atoms with Gasteiger partial charge in [0.25, 0.3) is 0 Å². The molecule has 1 amide bonds. The average Bonchev–Trinajstić information content (AvgIpc) is 3.18. The first-order valence-electron chi connectivity index (χ1n) is 13.6. The number of hydrogen-bond donors (Lipinski definition) is 2. The molecule has 1 aromatic heterocycles. The Morgan fingerprint density at radius 3 is 2.58 bits per heavy atom. The summed E-state index contributed by atoms with van der Waals surface area (Å²) >= 11 is 0. The molecule has 2 heterocycles. The van der Waals surface area contributed by atoms with Crippen molar-refractivity contribution in [2.24, 2.45) is 16.7 Å². The number of rotatable bonds is 7. The highest BCUT2D eigenvalue weighted by molar-refractivity contribution is 5.78. The number of nitrogens with one attached hydrogen (secondary N) is 2. The van der Waals surface area contributed by atoms with Gasteiger partial charge in [-0.1, -0.05) is 26.8 Å². The van der Waals surface area contributed by atoms with E-state index in [2.05, 4.69) is 83.2 Å². The van der Waals surface area contributed by atoms with Crippen molar-refractivity contribution in [3.05, 3.63) is 42.2 Å². The van der Waals surface area contributed by atoms with E-state index >= 15 is 0 Å². The van der Waals surface area contributed by atoms with Crippen molar-refractivity contribution in [2.75, 3.05) is 36.4 Å². The van der Waals surface area contributed by atoms with Crippen molar-refractivity contribution < 1.29 is 4.79 Å². The minimum Gasteiger partial charge on any atom is -0.369 e. The van der Waals surface area contributed by atoms with Crippen LogP contribution in [0.25, 0.3) is 0 Å². The Hall–Kier alpha value is -2.67. The molecule has 3 aliphatic rings. The first-order chi connectivity index (χ1) is 17.2. The molecule has 3 fully saturated rings. The molecule has 2 saturated carbocycles. The molecule has 7 heteroatoms. The maximum absolute atomic E-state index is 13.0. The molecule has 194 valence electrons. The number of nitrogens with zero attached hydrogens (tertiary/aromatic N) is 4. The van der Waals surface area contributed by atoms with Crippen molar-refractivity contribution in [2.45, 2.75) is 72.4 Å². The van der Waals surface area contributed by atoms with Crippen LogP contribution in [0, 0.1) is 16.7 Å². The third-order valence-electron chi connectivity index (χ3n) is 9.70. The molecule has 3 unspecified atom stereocenters. The van der Waals surface area contributed by atoms with E-state index in [4.69, 9.17) is 0 Å². The second kappa shape index (κ2) is 9.66. The predicted molar refractivity (Wildman–Crippen MR) is 146 cm³/mol. The second-order valence-corrected chi connectivity index (χ2v) is 12.1. The standard InChI is InChI=1S/C29H42N6O/c1-20(2)34-13-15-35(16-14-34)24-8-6-7-22(18-24)31-27-30-12-10-23(32-27)19-26(36)33-25-17-21-9-11-29(25,5)28(21,3)4/h6-8,10,12,18,20-21,25H,9,11,13-17,19H2,1-5H3,(H,33,36)(H,30,31,32). The summed E-state index contributed by atoms with van der Waals surface area (Å²) in [6, 6.07) is 11.1. The number of hydrogen-bond acceptors (Lipinski definition) is 6. The average molecular weight is 491 g/mol. The lowest BCUT2D eigenvalue weighted by Gasteiger charge is -2.39. The lowest BCUT2D eigenvalue weighted by atomic mass is 9.69. The van der Waals surface area contributed by atoms with Gasteiger partial charge >= 0.3 is 0 Å². The fourth-order valence-electron chi connectivity index (χ4n) is 6.79. The van der Waals surface area contributed by atoms with Crippen LogP contribution in [-0.4, -0.2) is 59.0 Å². The van der Waals surface area contributed by atoms with Gasteiger partial charge in [0.05, 0.1) is 12.1 Å². The fourth-order valence-corrected chi connectivity index (χ4v) is 6.79. The quantitative estimate of drug-likeness (QED) is 0.590. The summed E-state index contributed by atoms with van der Waals surface area (Å²) in [7, 11) is 0. The van der Waals surface area contributed by atoms with Crippen LogP contribution in [0.5, 0.6) is 0 Å². The molecular weight excluding hydrogens is 448 g/mol. The van der Waals surface area contributed by atoms with Gasteiger partial charge in [0.2, 0.25) is 11.9 Å². The highest BCUT2D eigenvalue weighted by Gasteiger charge is 2.61. The summed E-state index contributed by atoms with van der Waals surface area (Å²) in [6.45, 7) is 15.9. The number of benzene rings is 1. The number of carbonyl (C=O) groups is 1. The Labute approximate surface area is 216 Å². The third-order valence-corrected chi connectivity index (χ3v) is 9.70. The van der Waals surface area contributed by atoms with E-state index in [1.807, 2.05) is 12.1 Å². The van der Waals surface area contributed by atoms with Crippen molar-refractivity contribution in [3.63, 3.8) is 0 Å². The second-order valence-electron chi connectivity index (χ2n) is 12.1. The number of carbonyl (C=O) groups excluding carboxylic acids is 1. The molecule has 3 atom stereocenters. The largest absolute Gasteiger partial charge is 0.369 e. The van der Waals surface area contributed by atoms with E-state index in [1.54, 1.807) is 6.20 Å². The highest BCUT2D eigenvalue weighted by Crippen LogP contribution is 2.65. The number of piperazine rings is 1. The Morgan fingerprint density at radius 1 is 1.14 bits per heavy atom. The summed E-state index contributed by atoms with van der Waals surface area (Å²) in [5.41, 5.74) is 3.36. The number of anilines is 3. The van der Waals surface area contributed by atoms with Crippen molar-refractivity contribution in [1.82, 2.24) is 20.2 Å². The molecule has 7 nitrogen and oxygen atoms in total. The van der Waals surface area contributed by atoms with Crippen LogP contribution in [0.4, 0.5) is 17.3 Å². The van der Waals surface area contributed by atoms with E-state index in [1.165, 1.54) is 18.5 Å². The highest BCUT2D eigenvalue weighted by atomic mass is 16.1. The van der Waals surface area contributed by atoms with Crippen LogP contribution in [0.1, 0.15) is 59.6 Å².